The summed E-state index contributed by atoms with van der Waals surface area (Å²) in [6.07, 6.45) is -6.90. The summed E-state index contributed by atoms with van der Waals surface area (Å²) in [6, 6.07) is 7.86. The van der Waals surface area contributed by atoms with E-state index >= 15 is 0 Å². The molecule has 0 aromatic heterocycles. The minimum Gasteiger partial charge on any atom is -0.508 e. The number of hydrogen-bond donors (Lipinski definition) is 11. The van der Waals surface area contributed by atoms with E-state index < -0.39 is 105 Å². The molecule has 4 aromatic carbocycles. The molecule has 44 heavy (non-hydrogen) atoms. The molecule has 6 rings (SSSR count). The highest BCUT2D eigenvalue weighted by molar-refractivity contribution is 6.06. The van der Waals surface area contributed by atoms with Gasteiger partial charge in [-0.05, 0) is 24.3 Å². The van der Waals surface area contributed by atoms with Gasteiger partial charge >= 0.3 is 0 Å². The van der Waals surface area contributed by atoms with E-state index in [9.17, 15) is 61.0 Å². The van der Waals surface area contributed by atoms with Crippen LogP contribution < -0.4 is 9.47 Å². The summed E-state index contributed by atoms with van der Waals surface area (Å²) in [5.74, 6) is -9.32. The van der Waals surface area contributed by atoms with Crippen molar-refractivity contribution in [2.45, 2.75) is 30.3 Å². The van der Waals surface area contributed by atoms with Crippen molar-refractivity contribution in [3.63, 3.8) is 0 Å². The fourth-order valence-electron chi connectivity index (χ4n) is 5.75. The zero-order chi connectivity index (χ0) is 31.8. The summed E-state index contributed by atoms with van der Waals surface area (Å²) in [5, 5.41) is 115. The molecule has 2 aliphatic rings. The first-order valence-electron chi connectivity index (χ1n) is 12.9. The van der Waals surface area contributed by atoms with E-state index in [1.165, 1.54) is 0 Å². The molecule has 0 saturated carbocycles. The lowest BCUT2D eigenvalue weighted by atomic mass is 9.77. The molecule has 0 amide bonds. The number of phenols is 9. The first kappa shape index (κ1) is 28.4. The molecule has 0 bridgehead atoms. The number of hydrogen-bond acceptors (Lipinski definition) is 14. The summed E-state index contributed by atoms with van der Waals surface area (Å²) < 4.78 is 12.0. The van der Waals surface area contributed by atoms with E-state index in [-0.39, 0.29) is 22.4 Å². The molecule has 14 heteroatoms. The van der Waals surface area contributed by atoms with E-state index in [1.54, 1.807) is 0 Å². The Bertz CT molecular complexity index is 1780. The van der Waals surface area contributed by atoms with Crippen LogP contribution in [-0.2, 0) is 0 Å². The highest BCUT2D eigenvalue weighted by Gasteiger charge is 2.49. The molecule has 5 atom stereocenters. The van der Waals surface area contributed by atoms with Gasteiger partial charge in [0.25, 0.3) is 0 Å². The van der Waals surface area contributed by atoms with Gasteiger partial charge in [-0.15, -0.1) is 0 Å². The van der Waals surface area contributed by atoms with Crippen LogP contribution >= 0.6 is 0 Å². The Morgan fingerprint density at radius 1 is 0.545 bits per heavy atom. The van der Waals surface area contributed by atoms with Gasteiger partial charge in [0, 0.05) is 46.5 Å². The normalized spacial score (nSPS) is 22.4. The Labute approximate surface area is 246 Å². The van der Waals surface area contributed by atoms with Crippen LogP contribution in [0.5, 0.6) is 63.2 Å². The Balaban J connectivity index is 1.62. The second-order valence-corrected chi connectivity index (χ2v) is 10.5. The van der Waals surface area contributed by atoms with E-state index in [0.717, 1.165) is 48.5 Å². The summed E-state index contributed by atoms with van der Waals surface area (Å²) in [5.41, 5.74) is -1.30. The Morgan fingerprint density at radius 3 is 1.68 bits per heavy atom. The van der Waals surface area contributed by atoms with E-state index in [2.05, 4.69) is 0 Å². The van der Waals surface area contributed by atoms with E-state index in [4.69, 9.17) is 9.47 Å². The summed E-state index contributed by atoms with van der Waals surface area (Å²) >= 11 is 0. The fourth-order valence-corrected chi connectivity index (χ4v) is 5.75. The molecule has 2 heterocycles. The van der Waals surface area contributed by atoms with Crippen LogP contribution in [-0.4, -0.2) is 74.2 Å². The number of aliphatic hydroxyl groups is 2. The van der Waals surface area contributed by atoms with Crippen molar-refractivity contribution < 1.29 is 70.4 Å². The van der Waals surface area contributed by atoms with Crippen LogP contribution in [0, 0.1) is 0 Å². The summed E-state index contributed by atoms with van der Waals surface area (Å²) in [4.78, 5) is 13.4. The Morgan fingerprint density at radius 2 is 1.09 bits per heavy atom. The molecule has 0 fully saturated rings. The fraction of sp³-hybridized carbons (Fsp3) is 0.167. The third-order valence-corrected chi connectivity index (χ3v) is 7.63. The van der Waals surface area contributed by atoms with Crippen LogP contribution in [0.15, 0.2) is 48.5 Å². The van der Waals surface area contributed by atoms with Crippen LogP contribution in [0.25, 0.3) is 0 Å². The number of carbonyl (C=O) groups is 1. The quantitative estimate of drug-likeness (QED) is 0.149. The predicted octanol–water partition coefficient (Wildman–Crippen LogP) is 2.34. The van der Waals surface area contributed by atoms with Crippen molar-refractivity contribution in [2.24, 2.45) is 0 Å². The van der Waals surface area contributed by atoms with Gasteiger partial charge in [-0.1, -0.05) is 0 Å². The Hall–Kier alpha value is -5.73. The molecular formula is C30H24O14. The molecule has 2 aliphatic heterocycles. The van der Waals surface area contributed by atoms with Gasteiger partial charge < -0.3 is 65.6 Å². The number of phenolic OH excluding ortho intramolecular Hbond substituents is 9. The Kier molecular flexibility index (Phi) is 6.41. The van der Waals surface area contributed by atoms with Gasteiger partial charge in [0.15, 0.2) is 35.6 Å². The van der Waals surface area contributed by atoms with Crippen molar-refractivity contribution in [1.82, 2.24) is 0 Å². The van der Waals surface area contributed by atoms with Crippen molar-refractivity contribution >= 4 is 5.78 Å². The zero-order valence-electron chi connectivity index (χ0n) is 22.1. The van der Waals surface area contributed by atoms with Gasteiger partial charge in [0.05, 0.1) is 5.92 Å². The summed E-state index contributed by atoms with van der Waals surface area (Å²) in [6.45, 7) is 0. The summed E-state index contributed by atoms with van der Waals surface area (Å²) in [7, 11) is 0. The third-order valence-electron chi connectivity index (χ3n) is 7.63. The maximum atomic E-state index is 13.4. The molecule has 228 valence electrons. The second-order valence-electron chi connectivity index (χ2n) is 10.5. The third kappa shape index (κ3) is 4.31. The lowest BCUT2D eigenvalue weighted by Crippen LogP contribution is -2.39. The highest BCUT2D eigenvalue weighted by atomic mass is 16.5. The van der Waals surface area contributed by atoms with Crippen molar-refractivity contribution in [3.8, 4) is 63.2 Å². The lowest BCUT2D eigenvalue weighted by molar-refractivity contribution is -0.000207. The average molecular weight is 609 g/mol. The topological polar surface area (TPSA) is 258 Å². The van der Waals surface area contributed by atoms with Crippen molar-refractivity contribution in [1.29, 1.82) is 0 Å². The highest BCUT2D eigenvalue weighted by Crippen LogP contribution is 2.58. The van der Waals surface area contributed by atoms with Gasteiger partial charge in [-0.25, -0.2) is 0 Å². The van der Waals surface area contributed by atoms with Gasteiger partial charge in [-0.2, -0.15) is 0 Å². The molecule has 0 spiro atoms. The molecule has 4 aromatic rings. The molecule has 0 radical (unpaired) electrons. The number of fused-ring (bicyclic) bond motifs is 3. The monoisotopic (exact) mass is 608 g/mol. The predicted molar refractivity (Wildman–Crippen MR) is 146 cm³/mol. The number of Topliss-reactive ketones (excluding diaryl/α,β-unsaturated/α-hetero) is 1. The maximum Gasteiger partial charge on any atom is 0.202 e. The van der Waals surface area contributed by atoms with E-state index in [0.29, 0.717) is 0 Å². The van der Waals surface area contributed by atoms with Crippen LogP contribution in [0.4, 0.5) is 0 Å². The van der Waals surface area contributed by atoms with Gasteiger partial charge in [-0.3, -0.25) is 4.79 Å². The first-order chi connectivity index (χ1) is 20.8. The average Bonchev–Trinajstić information content (AvgIpc) is 2.93. The van der Waals surface area contributed by atoms with Crippen molar-refractivity contribution in [2.75, 3.05) is 0 Å². The van der Waals surface area contributed by atoms with Gasteiger partial charge in [0.2, 0.25) is 5.78 Å². The van der Waals surface area contributed by atoms with Crippen molar-refractivity contribution in [3.05, 3.63) is 76.3 Å². The standard InChI is InChI=1S/C30H24O14/c31-11-1-9(2-12(32)5-11)29-27(42)25(40)21-16(36)8-19-22(30(21)44-29)23(20-14(34)6-13(33)7-15(20)35)26(41)28(43-19)10-3-17(37)24(39)18(38)4-10/h1-8,23,26-29,31-39,41-42H. The largest absolute Gasteiger partial charge is 0.508 e. The van der Waals surface area contributed by atoms with E-state index in [1.807, 2.05) is 0 Å². The second kappa shape index (κ2) is 9.93. The van der Waals surface area contributed by atoms with Crippen LogP contribution in [0.1, 0.15) is 50.7 Å². The van der Waals surface area contributed by atoms with Crippen LogP contribution in [0.3, 0.4) is 0 Å². The molecule has 14 nitrogen and oxygen atoms in total. The number of ketones is 1. The minimum absolute atomic E-state index is 0.0526. The lowest BCUT2D eigenvalue weighted by Gasteiger charge is -2.41. The molecule has 0 aliphatic carbocycles. The van der Waals surface area contributed by atoms with Gasteiger partial charge in [0.1, 0.15) is 57.7 Å². The number of aromatic hydroxyl groups is 9. The zero-order valence-corrected chi connectivity index (χ0v) is 22.1. The number of ether oxygens (including phenoxy) is 2. The molecular weight excluding hydrogens is 584 g/mol. The number of benzene rings is 4. The molecule has 5 unspecified atom stereocenters. The minimum atomic E-state index is -1.95. The molecule has 11 N–H and O–H groups in total. The maximum absolute atomic E-state index is 13.4. The molecule has 0 saturated heterocycles. The smallest absolute Gasteiger partial charge is 0.202 e. The number of carbonyl (C=O) groups excluding carboxylic acids is 1. The number of aliphatic hydroxyl groups excluding tert-OH is 2. The van der Waals surface area contributed by atoms with Crippen LogP contribution in [0.2, 0.25) is 0 Å². The first-order valence-corrected chi connectivity index (χ1v) is 12.9. The SMILES string of the molecule is O=C1c2c(O)cc3c(c2OC(c2cc(O)cc(O)c2)C1O)C(c1c(O)cc(O)cc1O)C(O)C(c1cc(O)c(O)c(O)c1)O3. The number of rotatable bonds is 3.